The van der Waals surface area contributed by atoms with Crippen LogP contribution in [0.1, 0.15) is 44.9 Å². The largest absolute Gasteiger partial charge is 0.495 e. The summed E-state index contributed by atoms with van der Waals surface area (Å²) in [4.78, 5) is 44.1. The molecule has 0 aromatic heterocycles. The highest BCUT2D eigenvalue weighted by Crippen LogP contribution is 2.30. The fourth-order valence-corrected chi connectivity index (χ4v) is 5.31. The minimum absolute atomic E-state index is 0.101. The number of hydrogen-bond acceptors (Lipinski definition) is 6. The Morgan fingerprint density at radius 2 is 1.76 bits per heavy atom. The van der Waals surface area contributed by atoms with E-state index in [1.807, 2.05) is 18.2 Å². The second-order valence-electron chi connectivity index (χ2n) is 9.28. The van der Waals surface area contributed by atoms with Gasteiger partial charge < -0.3 is 15.0 Å². The molecule has 1 aromatic carbocycles. The molecule has 2 aliphatic heterocycles. The lowest BCUT2D eigenvalue weighted by Gasteiger charge is -2.36. The van der Waals surface area contributed by atoms with Crippen molar-refractivity contribution in [2.24, 2.45) is 5.92 Å². The van der Waals surface area contributed by atoms with E-state index in [9.17, 15) is 14.4 Å². The Morgan fingerprint density at radius 1 is 1.03 bits per heavy atom. The number of rotatable bonds is 7. The zero-order valence-corrected chi connectivity index (χ0v) is 19.6. The van der Waals surface area contributed by atoms with Crippen LogP contribution in [0.15, 0.2) is 24.3 Å². The number of carbonyl (C=O) groups is 3. The molecule has 8 heteroatoms. The van der Waals surface area contributed by atoms with E-state index in [0.717, 1.165) is 76.3 Å². The number of likely N-dealkylation sites (tertiary alicyclic amines) is 1. The van der Waals surface area contributed by atoms with Crippen molar-refractivity contribution in [3.05, 3.63) is 24.3 Å². The second kappa shape index (κ2) is 11.0. The van der Waals surface area contributed by atoms with Crippen LogP contribution in [0.5, 0.6) is 5.75 Å². The van der Waals surface area contributed by atoms with Crippen LogP contribution in [0.25, 0.3) is 0 Å². The van der Waals surface area contributed by atoms with Crippen molar-refractivity contribution in [3.63, 3.8) is 0 Å². The summed E-state index contributed by atoms with van der Waals surface area (Å²) in [6, 6.07) is 7.42. The third kappa shape index (κ3) is 5.49. The lowest BCUT2D eigenvalue weighted by Crippen LogP contribution is -2.52. The number of amides is 3. The van der Waals surface area contributed by atoms with Gasteiger partial charge in [-0.3, -0.25) is 24.2 Å². The second-order valence-corrected chi connectivity index (χ2v) is 9.28. The number of imide groups is 1. The smallest absolute Gasteiger partial charge is 0.243 e. The van der Waals surface area contributed by atoms with Gasteiger partial charge in [0.25, 0.3) is 0 Å². The molecule has 3 aliphatic rings. The Balaban J connectivity index is 1.23. The Morgan fingerprint density at radius 3 is 2.48 bits per heavy atom. The molecule has 1 unspecified atom stereocenters. The van der Waals surface area contributed by atoms with Gasteiger partial charge in [-0.05, 0) is 31.4 Å². The van der Waals surface area contributed by atoms with Crippen molar-refractivity contribution in [1.82, 2.24) is 15.1 Å². The predicted molar refractivity (Wildman–Crippen MR) is 126 cm³/mol. The van der Waals surface area contributed by atoms with Crippen molar-refractivity contribution in [2.75, 3.05) is 51.3 Å². The number of methoxy groups -OCH3 is 1. The third-order valence-corrected chi connectivity index (χ3v) is 7.23. The zero-order valence-electron chi connectivity index (χ0n) is 19.6. The van der Waals surface area contributed by atoms with Gasteiger partial charge in [-0.1, -0.05) is 31.4 Å². The molecule has 4 rings (SSSR count). The summed E-state index contributed by atoms with van der Waals surface area (Å²) in [5.41, 5.74) is 1.11. The van der Waals surface area contributed by atoms with Crippen LogP contribution in [0.2, 0.25) is 0 Å². The highest BCUT2D eigenvalue weighted by molar-refractivity contribution is 6.03. The van der Waals surface area contributed by atoms with Crippen LogP contribution >= 0.6 is 0 Å². The summed E-state index contributed by atoms with van der Waals surface area (Å²) in [6.07, 6.45) is 5.58. The van der Waals surface area contributed by atoms with Crippen molar-refractivity contribution < 1.29 is 19.1 Å². The third-order valence-electron chi connectivity index (χ3n) is 7.23. The molecule has 8 nitrogen and oxygen atoms in total. The number of anilines is 1. The standard InChI is InChI=1S/C25H36N4O4/c1-33-22-10-6-5-9-20(22)28-17-15-27(16-18-28)14-13-26-24(31)21-11-12-23(30)29(21)25(32)19-7-3-2-4-8-19/h5-6,9-10,19,21H,2-4,7-8,11-18H2,1H3,(H,26,31). The molecule has 1 atom stereocenters. The van der Waals surface area contributed by atoms with Crippen LogP contribution in [0, 0.1) is 5.92 Å². The SMILES string of the molecule is COc1ccccc1N1CCN(CCNC(=O)C2CCC(=O)N2C(=O)C2CCCCC2)CC1. The van der Waals surface area contributed by atoms with E-state index in [1.54, 1.807) is 7.11 Å². The number of para-hydroxylation sites is 2. The van der Waals surface area contributed by atoms with Crippen LogP contribution < -0.4 is 15.0 Å². The van der Waals surface area contributed by atoms with E-state index in [0.29, 0.717) is 13.0 Å². The van der Waals surface area contributed by atoms with Crippen LogP contribution in [0.3, 0.4) is 0 Å². The summed E-state index contributed by atoms with van der Waals surface area (Å²) < 4.78 is 5.48. The predicted octanol–water partition coefficient (Wildman–Crippen LogP) is 2.03. The van der Waals surface area contributed by atoms with Crippen LogP contribution in [-0.4, -0.2) is 79.9 Å². The molecule has 1 aromatic rings. The molecule has 1 saturated carbocycles. The first-order valence-corrected chi connectivity index (χ1v) is 12.3. The summed E-state index contributed by atoms with van der Waals surface area (Å²) >= 11 is 0. The molecule has 3 fully saturated rings. The minimum atomic E-state index is -0.644. The van der Waals surface area contributed by atoms with Gasteiger partial charge in [-0.2, -0.15) is 0 Å². The summed E-state index contributed by atoms with van der Waals surface area (Å²) in [5.74, 6) is 0.257. The number of nitrogens with one attached hydrogen (secondary N) is 1. The monoisotopic (exact) mass is 456 g/mol. The minimum Gasteiger partial charge on any atom is -0.495 e. The van der Waals surface area contributed by atoms with E-state index in [4.69, 9.17) is 4.74 Å². The molecule has 180 valence electrons. The van der Waals surface area contributed by atoms with E-state index in [2.05, 4.69) is 21.2 Å². The maximum absolute atomic E-state index is 12.9. The molecular weight excluding hydrogens is 420 g/mol. The van der Waals surface area contributed by atoms with E-state index >= 15 is 0 Å². The number of carbonyl (C=O) groups excluding carboxylic acids is 3. The fourth-order valence-electron chi connectivity index (χ4n) is 5.31. The van der Waals surface area contributed by atoms with E-state index in [1.165, 1.54) is 4.90 Å². The first-order chi connectivity index (χ1) is 16.1. The lowest BCUT2D eigenvalue weighted by atomic mass is 9.88. The van der Waals surface area contributed by atoms with E-state index < -0.39 is 6.04 Å². The van der Waals surface area contributed by atoms with Gasteiger partial charge in [0, 0.05) is 51.6 Å². The molecule has 0 bridgehead atoms. The van der Waals surface area contributed by atoms with E-state index in [-0.39, 0.29) is 30.1 Å². The van der Waals surface area contributed by atoms with Gasteiger partial charge in [0.15, 0.2) is 0 Å². The van der Waals surface area contributed by atoms with Gasteiger partial charge in [0.1, 0.15) is 11.8 Å². The lowest BCUT2D eigenvalue weighted by molar-refractivity contribution is -0.151. The first kappa shape index (κ1) is 23.5. The van der Waals surface area contributed by atoms with Gasteiger partial charge in [0.05, 0.1) is 12.8 Å². The molecule has 2 heterocycles. The number of piperazine rings is 1. The highest BCUT2D eigenvalue weighted by atomic mass is 16.5. The molecule has 3 amide bonds. The first-order valence-electron chi connectivity index (χ1n) is 12.3. The maximum Gasteiger partial charge on any atom is 0.243 e. The number of hydrogen-bond donors (Lipinski definition) is 1. The molecule has 0 radical (unpaired) electrons. The van der Waals surface area contributed by atoms with Crippen molar-refractivity contribution in [2.45, 2.75) is 51.0 Å². The van der Waals surface area contributed by atoms with Crippen LogP contribution in [0.4, 0.5) is 5.69 Å². The number of nitrogens with zero attached hydrogens (tertiary/aromatic N) is 3. The normalized spacial score (nSPS) is 22.5. The highest BCUT2D eigenvalue weighted by Gasteiger charge is 2.42. The number of ether oxygens (including phenoxy) is 1. The number of benzene rings is 1. The Hall–Kier alpha value is -2.61. The molecule has 2 saturated heterocycles. The van der Waals surface area contributed by atoms with Gasteiger partial charge in [-0.25, -0.2) is 0 Å². The summed E-state index contributed by atoms with van der Waals surface area (Å²) in [5, 5.41) is 2.98. The summed E-state index contributed by atoms with van der Waals surface area (Å²) in [6.45, 7) is 4.88. The van der Waals surface area contributed by atoms with Crippen molar-refractivity contribution in [1.29, 1.82) is 0 Å². The average Bonchev–Trinajstić information content (AvgIpc) is 3.25. The molecule has 1 N–H and O–H groups in total. The van der Waals surface area contributed by atoms with Gasteiger partial charge >= 0.3 is 0 Å². The van der Waals surface area contributed by atoms with Crippen LogP contribution in [-0.2, 0) is 14.4 Å². The molecule has 33 heavy (non-hydrogen) atoms. The van der Waals surface area contributed by atoms with Gasteiger partial charge in [0.2, 0.25) is 17.7 Å². The quantitative estimate of drug-likeness (QED) is 0.633. The fraction of sp³-hybridized carbons (Fsp3) is 0.640. The molecular formula is C25H36N4O4. The Kier molecular flexibility index (Phi) is 7.85. The molecule has 0 spiro atoms. The zero-order chi connectivity index (χ0) is 23.2. The van der Waals surface area contributed by atoms with Crippen molar-refractivity contribution >= 4 is 23.4 Å². The Bertz CT molecular complexity index is 847. The maximum atomic E-state index is 12.9. The van der Waals surface area contributed by atoms with Gasteiger partial charge in [-0.15, -0.1) is 0 Å². The Labute approximate surface area is 196 Å². The topological polar surface area (TPSA) is 82.2 Å². The summed E-state index contributed by atoms with van der Waals surface area (Å²) in [7, 11) is 1.69. The molecule has 1 aliphatic carbocycles. The van der Waals surface area contributed by atoms with Crippen molar-refractivity contribution in [3.8, 4) is 5.75 Å². The average molecular weight is 457 g/mol.